The minimum Gasteiger partial charge on any atom is -0.369 e. The summed E-state index contributed by atoms with van der Waals surface area (Å²) in [5.41, 5.74) is 1.31. The van der Waals surface area contributed by atoms with Gasteiger partial charge in [-0.3, -0.25) is 4.99 Å². The molecule has 3 rings (SSSR count). The number of rotatable bonds is 4. The Morgan fingerprint density at radius 3 is 2.67 bits per heavy atom. The number of guanidine groups is 1. The quantitative estimate of drug-likeness (QED) is 0.425. The molecule has 5 nitrogen and oxygen atoms in total. The largest absolute Gasteiger partial charge is 0.369 e. The van der Waals surface area contributed by atoms with Crippen LogP contribution < -0.4 is 15.5 Å². The van der Waals surface area contributed by atoms with E-state index in [0.717, 1.165) is 32.0 Å². The van der Waals surface area contributed by atoms with Gasteiger partial charge in [0.2, 0.25) is 0 Å². The Hall–Kier alpha value is -1.02. The van der Waals surface area contributed by atoms with Crippen LogP contribution in [0.5, 0.6) is 0 Å². The van der Waals surface area contributed by atoms with Gasteiger partial charge in [-0.25, -0.2) is 0 Å². The van der Waals surface area contributed by atoms with Crippen LogP contribution >= 0.6 is 24.0 Å². The van der Waals surface area contributed by atoms with Gasteiger partial charge in [-0.2, -0.15) is 0 Å². The molecule has 0 bridgehead atoms. The molecule has 2 aliphatic rings. The van der Waals surface area contributed by atoms with Crippen LogP contribution in [0.1, 0.15) is 19.3 Å². The maximum absolute atomic E-state index is 4.39. The monoisotopic (exact) mass is 443 g/mol. The molecule has 2 atom stereocenters. The summed E-state index contributed by atoms with van der Waals surface area (Å²) in [7, 11) is 4.07. The molecule has 134 valence electrons. The SMILES string of the molecule is CN=C(NCC1CCCN1C)NC1CCN(c2ccccc2)C1.I. The van der Waals surface area contributed by atoms with Gasteiger partial charge in [-0.05, 0) is 45.0 Å². The summed E-state index contributed by atoms with van der Waals surface area (Å²) in [6.45, 7) is 4.33. The third-order valence-electron chi connectivity index (χ3n) is 5.05. The maximum Gasteiger partial charge on any atom is 0.191 e. The van der Waals surface area contributed by atoms with Crippen LogP contribution in [0.25, 0.3) is 0 Å². The van der Waals surface area contributed by atoms with Gasteiger partial charge >= 0.3 is 0 Å². The topological polar surface area (TPSA) is 42.9 Å². The standard InChI is InChI=1S/C18H29N5.HI/c1-19-18(20-13-17-9-6-11-22(17)2)21-15-10-12-23(14-15)16-7-4-3-5-8-16;/h3-5,7-8,15,17H,6,9-14H2,1-2H3,(H2,19,20,21);1H. The molecule has 2 N–H and O–H groups in total. The van der Waals surface area contributed by atoms with Gasteiger partial charge in [0, 0.05) is 44.5 Å². The van der Waals surface area contributed by atoms with E-state index in [9.17, 15) is 0 Å². The van der Waals surface area contributed by atoms with Crippen molar-refractivity contribution in [2.45, 2.75) is 31.3 Å². The Morgan fingerprint density at radius 1 is 1.21 bits per heavy atom. The molecule has 0 aromatic heterocycles. The predicted molar refractivity (Wildman–Crippen MR) is 113 cm³/mol. The third kappa shape index (κ3) is 4.99. The number of aliphatic imine (C=N–C) groups is 1. The van der Waals surface area contributed by atoms with E-state index < -0.39 is 0 Å². The van der Waals surface area contributed by atoms with Gasteiger partial charge in [0.15, 0.2) is 5.96 Å². The van der Waals surface area contributed by atoms with Crippen molar-refractivity contribution in [3.8, 4) is 0 Å². The molecule has 0 saturated carbocycles. The molecule has 2 heterocycles. The van der Waals surface area contributed by atoms with Gasteiger partial charge in [0.25, 0.3) is 0 Å². The van der Waals surface area contributed by atoms with E-state index in [1.165, 1.54) is 25.1 Å². The van der Waals surface area contributed by atoms with Crippen molar-refractivity contribution < 1.29 is 0 Å². The minimum atomic E-state index is 0. The molecule has 1 aromatic rings. The Balaban J connectivity index is 0.00000208. The molecule has 0 amide bonds. The zero-order valence-electron chi connectivity index (χ0n) is 14.7. The van der Waals surface area contributed by atoms with E-state index in [-0.39, 0.29) is 24.0 Å². The van der Waals surface area contributed by atoms with Crippen molar-refractivity contribution in [2.24, 2.45) is 4.99 Å². The van der Waals surface area contributed by atoms with Crippen LogP contribution in [0.15, 0.2) is 35.3 Å². The Morgan fingerprint density at radius 2 is 2.00 bits per heavy atom. The van der Waals surface area contributed by atoms with E-state index in [4.69, 9.17) is 0 Å². The number of hydrogen-bond acceptors (Lipinski definition) is 3. The first-order chi connectivity index (χ1) is 11.3. The molecule has 6 heteroatoms. The molecule has 1 aromatic carbocycles. The number of halogens is 1. The first kappa shape index (κ1) is 19.3. The van der Waals surface area contributed by atoms with E-state index in [1.54, 1.807) is 0 Å². The van der Waals surface area contributed by atoms with Gasteiger partial charge in [-0.15, -0.1) is 24.0 Å². The van der Waals surface area contributed by atoms with Gasteiger partial charge in [0.05, 0.1) is 0 Å². The van der Waals surface area contributed by atoms with Crippen molar-refractivity contribution in [2.75, 3.05) is 45.2 Å². The van der Waals surface area contributed by atoms with Crippen LogP contribution in [0, 0.1) is 0 Å². The van der Waals surface area contributed by atoms with E-state index in [2.05, 4.69) is 62.8 Å². The molecule has 0 spiro atoms. The zero-order chi connectivity index (χ0) is 16.1. The summed E-state index contributed by atoms with van der Waals surface area (Å²) in [5, 5.41) is 7.08. The Labute approximate surface area is 162 Å². The minimum absolute atomic E-state index is 0. The molecule has 2 fully saturated rings. The second kappa shape index (κ2) is 9.46. The summed E-state index contributed by atoms with van der Waals surface area (Å²) < 4.78 is 0. The number of nitrogens with zero attached hydrogens (tertiary/aromatic N) is 3. The highest BCUT2D eigenvalue weighted by Crippen LogP contribution is 2.19. The average molecular weight is 443 g/mol. The fourth-order valence-corrected chi connectivity index (χ4v) is 3.59. The summed E-state index contributed by atoms with van der Waals surface area (Å²) in [4.78, 5) is 9.27. The summed E-state index contributed by atoms with van der Waals surface area (Å²) >= 11 is 0. The van der Waals surface area contributed by atoms with Crippen molar-refractivity contribution in [1.82, 2.24) is 15.5 Å². The van der Waals surface area contributed by atoms with Gasteiger partial charge < -0.3 is 20.4 Å². The van der Waals surface area contributed by atoms with Gasteiger partial charge in [0.1, 0.15) is 0 Å². The Bertz CT molecular complexity index is 521. The number of nitrogens with one attached hydrogen (secondary N) is 2. The lowest BCUT2D eigenvalue weighted by Gasteiger charge is -2.23. The van der Waals surface area contributed by atoms with Crippen LogP contribution in [-0.2, 0) is 0 Å². The van der Waals surface area contributed by atoms with Crippen LogP contribution in [0.3, 0.4) is 0 Å². The molecule has 0 aliphatic carbocycles. The average Bonchev–Trinajstić information content (AvgIpc) is 3.21. The first-order valence-electron chi connectivity index (χ1n) is 8.73. The highest BCUT2D eigenvalue weighted by atomic mass is 127. The fourth-order valence-electron chi connectivity index (χ4n) is 3.59. The number of anilines is 1. The van der Waals surface area contributed by atoms with Crippen LogP contribution in [0.4, 0.5) is 5.69 Å². The second-order valence-corrected chi connectivity index (χ2v) is 6.64. The number of likely N-dealkylation sites (N-methyl/N-ethyl adjacent to an activating group) is 1. The lowest BCUT2D eigenvalue weighted by molar-refractivity contribution is 0.309. The number of likely N-dealkylation sites (tertiary alicyclic amines) is 1. The van der Waals surface area contributed by atoms with Crippen molar-refractivity contribution >= 4 is 35.6 Å². The van der Waals surface area contributed by atoms with Gasteiger partial charge in [-0.1, -0.05) is 18.2 Å². The second-order valence-electron chi connectivity index (χ2n) is 6.64. The molecule has 24 heavy (non-hydrogen) atoms. The number of benzene rings is 1. The molecular weight excluding hydrogens is 413 g/mol. The molecule has 2 saturated heterocycles. The smallest absolute Gasteiger partial charge is 0.191 e. The lowest BCUT2D eigenvalue weighted by Crippen LogP contribution is -2.48. The van der Waals surface area contributed by atoms with E-state index >= 15 is 0 Å². The van der Waals surface area contributed by atoms with Crippen molar-refractivity contribution in [3.05, 3.63) is 30.3 Å². The highest BCUT2D eigenvalue weighted by molar-refractivity contribution is 14.0. The van der Waals surface area contributed by atoms with Crippen molar-refractivity contribution in [1.29, 1.82) is 0 Å². The molecule has 2 unspecified atom stereocenters. The zero-order valence-corrected chi connectivity index (χ0v) is 17.1. The number of para-hydroxylation sites is 1. The van der Waals surface area contributed by atoms with E-state index in [1.807, 2.05) is 7.05 Å². The van der Waals surface area contributed by atoms with E-state index in [0.29, 0.717) is 12.1 Å². The van der Waals surface area contributed by atoms with Crippen molar-refractivity contribution in [3.63, 3.8) is 0 Å². The maximum atomic E-state index is 4.39. The lowest BCUT2D eigenvalue weighted by atomic mass is 10.2. The summed E-state index contributed by atoms with van der Waals surface area (Å²) in [6.07, 6.45) is 3.74. The molecular formula is C18H30IN5. The third-order valence-corrected chi connectivity index (χ3v) is 5.05. The fraction of sp³-hybridized carbons (Fsp3) is 0.611. The molecule has 2 aliphatic heterocycles. The predicted octanol–water partition coefficient (Wildman–Crippen LogP) is 2.14. The summed E-state index contributed by atoms with van der Waals surface area (Å²) in [6, 6.07) is 11.8. The van der Waals surface area contributed by atoms with Crippen LogP contribution in [-0.4, -0.2) is 63.2 Å². The Kier molecular flexibility index (Phi) is 7.61. The first-order valence-corrected chi connectivity index (χ1v) is 8.73. The molecule has 0 radical (unpaired) electrons. The normalized spacial score (nSPS) is 24.8. The highest BCUT2D eigenvalue weighted by Gasteiger charge is 2.24. The number of hydrogen-bond donors (Lipinski definition) is 2. The summed E-state index contributed by atoms with van der Waals surface area (Å²) in [5.74, 6) is 0.935. The van der Waals surface area contributed by atoms with Crippen LogP contribution in [0.2, 0.25) is 0 Å².